The van der Waals surface area contributed by atoms with Crippen LogP contribution in [0.3, 0.4) is 0 Å². The van der Waals surface area contributed by atoms with Gasteiger partial charge in [0.1, 0.15) is 0 Å². The average Bonchev–Trinajstić information content (AvgIpc) is 2.25. The number of pyridine rings is 1. The Labute approximate surface area is 88.9 Å². The summed E-state index contributed by atoms with van der Waals surface area (Å²) in [6, 6.07) is 3.21. The normalized spacial score (nSPS) is 10.3. The predicted molar refractivity (Wildman–Crippen MR) is 55.2 cm³/mol. The van der Waals surface area contributed by atoms with Crippen LogP contribution in [0.5, 0.6) is 5.75 Å². The third kappa shape index (κ3) is 4.74. The van der Waals surface area contributed by atoms with Crippen molar-refractivity contribution in [2.45, 2.75) is 25.7 Å². The van der Waals surface area contributed by atoms with Crippen molar-refractivity contribution in [1.82, 2.24) is 4.98 Å². The number of rotatable bonds is 7. The van der Waals surface area contributed by atoms with E-state index >= 15 is 0 Å². The van der Waals surface area contributed by atoms with E-state index in [9.17, 15) is 4.39 Å². The second kappa shape index (κ2) is 7.17. The van der Waals surface area contributed by atoms with Gasteiger partial charge in [-0.1, -0.05) is 6.42 Å². The number of aliphatic hydroxyl groups is 1. The second-order valence-electron chi connectivity index (χ2n) is 3.28. The molecule has 0 atom stereocenters. The van der Waals surface area contributed by atoms with Crippen LogP contribution in [0.4, 0.5) is 4.39 Å². The zero-order chi connectivity index (χ0) is 10.9. The maximum atomic E-state index is 13.0. The minimum Gasteiger partial charge on any atom is -0.489 e. The van der Waals surface area contributed by atoms with E-state index in [1.807, 2.05) is 0 Å². The van der Waals surface area contributed by atoms with Crippen molar-refractivity contribution >= 4 is 0 Å². The standard InChI is InChI=1S/C11H16FNO2/c12-11-10(6-5-7-13-11)15-9-4-2-1-3-8-14/h5-7,14H,1-4,8-9H2. The molecule has 0 aliphatic heterocycles. The minimum atomic E-state index is -0.562. The zero-order valence-electron chi connectivity index (χ0n) is 8.66. The number of unbranched alkanes of at least 4 members (excludes halogenated alkanes) is 3. The molecule has 84 valence electrons. The third-order valence-corrected chi connectivity index (χ3v) is 2.03. The van der Waals surface area contributed by atoms with Crippen molar-refractivity contribution in [1.29, 1.82) is 0 Å². The lowest BCUT2D eigenvalue weighted by Gasteiger charge is -2.05. The molecule has 0 bridgehead atoms. The van der Waals surface area contributed by atoms with Crippen molar-refractivity contribution in [2.24, 2.45) is 0 Å². The van der Waals surface area contributed by atoms with Gasteiger partial charge in [0.15, 0.2) is 5.75 Å². The fourth-order valence-electron chi connectivity index (χ4n) is 1.23. The Bertz CT molecular complexity index is 281. The van der Waals surface area contributed by atoms with Crippen LogP contribution < -0.4 is 4.74 Å². The molecule has 1 heterocycles. The van der Waals surface area contributed by atoms with Gasteiger partial charge < -0.3 is 9.84 Å². The van der Waals surface area contributed by atoms with Crippen LogP contribution in [0.25, 0.3) is 0 Å². The monoisotopic (exact) mass is 213 g/mol. The molecule has 0 saturated heterocycles. The number of nitrogens with zero attached hydrogens (tertiary/aromatic N) is 1. The van der Waals surface area contributed by atoms with Crippen molar-refractivity contribution in [3.05, 3.63) is 24.3 Å². The van der Waals surface area contributed by atoms with Crippen LogP contribution in [-0.4, -0.2) is 23.3 Å². The number of ether oxygens (including phenoxy) is 1. The molecule has 1 N–H and O–H groups in total. The first kappa shape index (κ1) is 11.9. The first-order valence-electron chi connectivity index (χ1n) is 5.19. The highest BCUT2D eigenvalue weighted by Crippen LogP contribution is 2.13. The van der Waals surface area contributed by atoms with E-state index in [0.717, 1.165) is 25.7 Å². The van der Waals surface area contributed by atoms with Gasteiger partial charge in [-0.2, -0.15) is 4.39 Å². The summed E-state index contributed by atoms with van der Waals surface area (Å²) in [6.07, 6.45) is 5.05. The van der Waals surface area contributed by atoms with E-state index in [1.165, 1.54) is 6.20 Å². The van der Waals surface area contributed by atoms with Gasteiger partial charge in [0.25, 0.3) is 5.95 Å². The van der Waals surface area contributed by atoms with Crippen LogP contribution in [0, 0.1) is 5.95 Å². The fraction of sp³-hybridized carbons (Fsp3) is 0.545. The van der Waals surface area contributed by atoms with E-state index in [2.05, 4.69) is 4.98 Å². The van der Waals surface area contributed by atoms with Crippen molar-refractivity contribution < 1.29 is 14.2 Å². The lowest BCUT2D eigenvalue weighted by molar-refractivity contribution is 0.268. The maximum Gasteiger partial charge on any atom is 0.255 e. The van der Waals surface area contributed by atoms with E-state index in [1.54, 1.807) is 12.1 Å². The lowest BCUT2D eigenvalue weighted by atomic mass is 10.2. The maximum absolute atomic E-state index is 13.0. The smallest absolute Gasteiger partial charge is 0.255 e. The molecule has 3 nitrogen and oxygen atoms in total. The van der Waals surface area contributed by atoms with E-state index in [0.29, 0.717) is 6.61 Å². The highest BCUT2D eigenvalue weighted by molar-refractivity contribution is 5.17. The third-order valence-electron chi connectivity index (χ3n) is 2.03. The molecule has 0 radical (unpaired) electrons. The number of aromatic nitrogens is 1. The Morgan fingerprint density at radius 2 is 2.07 bits per heavy atom. The Morgan fingerprint density at radius 1 is 1.27 bits per heavy atom. The van der Waals surface area contributed by atoms with Gasteiger partial charge in [-0.3, -0.25) is 0 Å². The highest BCUT2D eigenvalue weighted by atomic mass is 19.1. The van der Waals surface area contributed by atoms with Crippen molar-refractivity contribution in [3.8, 4) is 5.75 Å². The van der Waals surface area contributed by atoms with Crippen LogP contribution in [-0.2, 0) is 0 Å². The molecule has 0 amide bonds. The molecule has 0 spiro atoms. The molecular formula is C11H16FNO2. The van der Waals surface area contributed by atoms with Crippen LogP contribution in [0.2, 0.25) is 0 Å². The van der Waals surface area contributed by atoms with Crippen LogP contribution in [0.15, 0.2) is 18.3 Å². The van der Waals surface area contributed by atoms with Gasteiger partial charge in [0.2, 0.25) is 0 Å². The summed E-state index contributed by atoms with van der Waals surface area (Å²) in [5.41, 5.74) is 0. The summed E-state index contributed by atoms with van der Waals surface area (Å²) in [4.78, 5) is 3.48. The molecule has 0 aliphatic rings. The van der Waals surface area contributed by atoms with Crippen LogP contribution >= 0.6 is 0 Å². The second-order valence-corrected chi connectivity index (χ2v) is 3.28. The average molecular weight is 213 g/mol. The summed E-state index contributed by atoms with van der Waals surface area (Å²) in [7, 11) is 0. The Kier molecular flexibility index (Phi) is 5.70. The van der Waals surface area contributed by atoms with Gasteiger partial charge in [-0.05, 0) is 31.4 Å². The first-order chi connectivity index (χ1) is 7.34. The van der Waals surface area contributed by atoms with Gasteiger partial charge >= 0.3 is 0 Å². The van der Waals surface area contributed by atoms with Crippen molar-refractivity contribution in [3.63, 3.8) is 0 Å². The first-order valence-corrected chi connectivity index (χ1v) is 5.19. The summed E-state index contributed by atoms with van der Waals surface area (Å²) in [5.74, 6) is -0.354. The van der Waals surface area contributed by atoms with Crippen molar-refractivity contribution in [2.75, 3.05) is 13.2 Å². The van der Waals surface area contributed by atoms with Gasteiger partial charge in [0.05, 0.1) is 6.61 Å². The summed E-state index contributed by atoms with van der Waals surface area (Å²) in [5, 5.41) is 8.55. The molecule has 1 aromatic rings. The predicted octanol–water partition coefficient (Wildman–Crippen LogP) is 2.15. The van der Waals surface area contributed by atoms with Crippen LogP contribution in [0.1, 0.15) is 25.7 Å². The number of hydrogen-bond donors (Lipinski definition) is 1. The number of hydrogen-bond acceptors (Lipinski definition) is 3. The largest absolute Gasteiger partial charge is 0.489 e. The van der Waals surface area contributed by atoms with Gasteiger partial charge in [-0.25, -0.2) is 4.98 Å². The van der Waals surface area contributed by atoms with E-state index in [-0.39, 0.29) is 12.4 Å². The summed E-state index contributed by atoms with van der Waals surface area (Å²) >= 11 is 0. The summed E-state index contributed by atoms with van der Waals surface area (Å²) < 4.78 is 18.2. The molecule has 15 heavy (non-hydrogen) atoms. The molecule has 0 aliphatic carbocycles. The lowest BCUT2D eigenvalue weighted by Crippen LogP contribution is -2.00. The van der Waals surface area contributed by atoms with Gasteiger partial charge in [0, 0.05) is 12.8 Å². The minimum absolute atomic E-state index is 0.208. The number of halogens is 1. The molecule has 4 heteroatoms. The van der Waals surface area contributed by atoms with Gasteiger partial charge in [-0.15, -0.1) is 0 Å². The summed E-state index contributed by atoms with van der Waals surface area (Å²) in [6.45, 7) is 0.728. The zero-order valence-corrected chi connectivity index (χ0v) is 8.66. The fourth-order valence-corrected chi connectivity index (χ4v) is 1.23. The Balaban J connectivity index is 2.12. The number of aliphatic hydroxyl groups excluding tert-OH is 1. The molecule has 0 fully saturated rings. The molecule has 1 aromatic heterocycles. The molecule has 0 saturated carbocycles. The van der Waals surface area contributed by atoms with E-state index < -0.39 is 5.95 Å². The molecular weight excluding hydrogens is 197 g/mol. The Morgan fingerprint density at radius 3 is 2.80 bits per heavy atom. The highest BCUT2D eigenvalue weighted by Gasteiger charge is 2.01. The molecule has 0 aromatic carbocycles. The molecule has 1 rings (SSSR count). The molecule has 0 unspecified atom stereocenters. The quantitative estimate of drug-likeness (QED) is 0.557. The SMILES string of the molecule is OCCCCCCOc1cccnc1F. The topological polar surface area (TPSA) is 42.4 Å². The van der Waals surface area contributed by atoms with E-state index in [4.69, 9.17) is 9.84 Å². The Hall–Kier alpha value is -1.16.